The van der Waals surface area contributed by atoms with Crippen molar-refractivity contribution < 1.29 is 14.3 Å². The van der Waals surface area contributed by atoms with E-state index in [2.05, 4.69) is 21.2 Å². The van der Waals surface area contributed by atoms with Crippen molar-refractivity contribution in [2.75, 3.05) is 12.4 Å². The van der Waals surface area contributed by atoms with E-state index in [-0.39, 0.29) is 5.91 Å². The molecule has 148 valence electrons. The van der Waals surface area contributed by atoms with Crippen LogP contribution in [0, 0.1) is 0 Å². The minimum absolute atomic E-state index is 0.248. The lowest BCUT2D eigenvalue weighted by atomic mass is 10.2. The highest BCUT2D eigenvalue weighted by molar-refractivity contribution is 9.10. The average molecular weight is 473 g/mol. The molecule has 6 heteroatoms. The Labute approximate surface area is 183 Å². The van der Waals surface area contributed by atoms with Crippen LogP contribution in [0.1, 0.15) is 11.1 Å². The van der Waals surface area contributed by atoms with Gasteiger partial charge in [0.1, 0.15) is 18.1 Å². The van der Waals surface area contributed by atoms with E-state index in [1.807, 2.05) is 48.5 Å². The number of ether oxygens (including phenoxy) is 2. The maximum atomic E-state index is 12.1. The normalized spacial score (nSPS) is 10.7. The molecule has 1 amide bonds. The van der Waals surface area contributed by atoms with E-state index in [9.17, 15) is 4.79 Å². The first-order chi connectivity index (χ1) is 14.0. The number of anilines is 1. The van der Waals surface area contributed by atoms with E-state index in [4.69, 9.17) is 21.1 Å². The van der Waals surface area contributed by atoms with Gasteiger partial charge in [-0.25, -0.2) is 0 Å². The zero-order valence-electron chi connectivity index (χ0n) is 15.7. The zero-order chi connectivity index (χ0) is 20.6. The van der Waals surface area contributed by atoms with Crippen molar-refractivity contribution in [3.8, 4) is 11.5 Å². The molecular formula is C23H19BrClNO3. The van der Waals surface area contributed by atoms with Crippen molar-refractivity contribution in [1.29, 1.82) is 0 Å². The van der Waals surface area contributed by atoms with Crippen LogP contribution in [0.25, 0.3) is 6.08 Å². The quantitative estimate of drug-likeness (QED) is 0.408. The summed E-state index contributed by atoms with van der Waals surface area (Å²) in [6, 6.07) is 20.6. The molecule has 0 saturated carbocycles. The van der Waals surface area contributed by atoms with E-state index < -0.39 is 0 Å². The minimum Gasteiger partial charge on any atom is -0.495 e. The molecule has 0 fully saturated rings. The predicted octanol–water partition coefficient (Wildman–Crippen LogP) is 6.34. The number of amides is 1. The molecular weight excluding hydrogens is 454 g/mol. The van der Waals surface area contributed by atoms with Gasteiger partial charge < -0.3 is 14.8 Å². The number of carbonyl (C=O) groups excluding carboxylic acids is 1. The molecule has 0 bridgehead atoms. The Hall–Kier alpha value is -2.76. The third-order valence-corrected chi connectivity index (χ3v) is 4.87. The van der Waals surface area contributed by atoms with Crippen LogP contribution in [-0.2, 0) is 11.4 Å². The first-order valence-electron chi connectivity index (χ1n) is 8.83. The molecule has 0 aliphatic carbocycles. The third-order valence-electron chi connectivity index (χ3n) is 4.05. The fraction of sp³-hybridized carbons (Fsp3) is 0.0870. The van der Waals surface area contributed by atoms with E-state index in [0.717, 1.165) is 21.3 Å². The van der Waals surface area contributed by atoms with Gasteiger partial charge in [0.15, 0.2) is 0 Å². The average Bonchev–Trinajstić information content (AvgIpc) is 2.73. The van der Waals surface area contributed by atoms with E-state index in [0.29, 0.717) is 23.1 Å². The van der Waals surface area contributed by atoms with Crippen LogP contribution in [0.3, 0.4) is 0 Å². The Kier molecular flexibility index (Phi) is 7.33. The summed E-state index contributed by atoms with van der Waals surface area (Å²) in [5, 5.41) is 3.20. The molecule has 0 aliphatic heterocycles. The van der Waals surface area contributed by atoms with Gasteiger partial charge in [-0.05, 0) is 59.7 Å². The van der Waals surface area contributed by atoms with Gasteiger partial charge in [0, 0.05) is 16.2 Å². The molecule has 29 heavy (non-hydrogen) atoms. The number of rotatable bonds is 7. The Morgan fingerprint density at radius 1 is 1.07 bits per heavy atom. The van der Waals surface area contributed by atoms with Crippen molar-refractivity contribution in [1.82, 2.24) is 0 Å². The first kappa shape index (κ1) is 21.0. The second-order valence-corrected chi connectivity index (χ2v) is 7.48. The number of hydrogen-bond donors (Lipinski definition) is 1. The molecule has 4 nitrogen and oxygen atoms in total. The number of halogens is 2. The molecule has 0 saturated heterocycles. The van der Waals surface area contributed by atoms with Gasteiger partial charge in [0.25, 0.3) is 0 Å². The van der Waals surface area contributed by atoms with E-state index in [1.165, 1.54) is 6.08 Å². The number of hydrogen-bond acceptors (Lipinski definition) is 3. The van der Waals surface area contributed by atoms with Crippen LogP contribution in [0.4, 0.5) is 5.69 Å². The van der Waals surface area contributed by atoms with Gasteiger partial charge in [-0.2, -0.15) is 0 Å². The van der Waals surface area contributed by atoms with Crippen molar-refractivity contribution in [3.05, 3.63) is 93.4 Å². The maximum Gasteiger partial charge on any atom is 0.248 e. The van der Waals surface area contributed by atoms with Crippen LogP contribution in [0.2, 0.25) is 5.02 Å². The molecule has 1 N–H and O–H groups in total. The van der Waals surface area contributed by atoms with Gasteiger partial charge in [-0.1, -0.05) is 51.8 Å². The van der Waals surface area contributed by atoms with E-state index in [1.54, 1.807) is 31.4 Å². The molecule has 3 rings (SSSR count). The van der Waals surface area contributed by atoms with E-state index >= 15 is 0 Å². The lowest BCUT2D eigenvalue weighted by molar-refractivity contribution is -0.111. The third kappa shape index (κ3) is 6.38. The Morgan fingerprint density at radius 2 is 1.79 bits per heavy atom. The monoisotopic (exact) mass is 471 g/mol. The number of benzene rings is 3. The lowest BCUT2D eigenvalue weighted by Crippen LogP contribution is -2.07. The second kappa shape index (κ2) is 10.1. The lowest BCUT2D eigenvalue weighted by Gasteiger charge is -2.07. The Morgan fingerprint density at radius 3 is 2.45 bits per heavy atom. The number of carbonyl (C=O) groups is 1. The number of nitrogens with one attached hydrogen (secondary N) is 1. The van der Waals surface area contributed by atoms with Crippen molar-refractivity contribution in [2.24, 2.45) is 0 Å². The van der Waals surface area contributed by atoms with Crippen LogP contribution >= 0.6 is 27.5 Å². The van der Waals surface area contributed by atoms with Crippen LogP contribution in [0.5, 0.6) is 11.5 Å². The molecule has 0 heterocycles. The topological polar surface area (TPSA) is 47.6 Å². The van der Waals surface area contributed by atoms with Crippen molar-refractivity contribution in [3.63, 3.8) is 0 Å². The first-order valence-corrected chi connectivity index (χ1v) is 10.0. The van der Waals surface area contributed by atoms with Gasteiger partial charge in [-0.3, -0.25) is 4.79 Å². The van der Waals surface area contributed by atoms with Gasteiger partial charge >= 0.3 is 0 Å². The molecule has 0 unspecified atom stereocenters. The highest BCUT2D eigenvalue weighted by Crippen LogP contribution is 2.27. The summed E-state index contributed by atoms with van der Waals surface area (Å²) >= 11 is 9.48. The highest BCUT2D eigenvalue weighted by atomic mass is 79.9. The Balaban J connectivity index is 1.53. The largest absolute Gasteiger partial charge is 0.495 e. The molecule has 3 aromatic carbocycles. The minimum atomic E-state index is -0.248. The fourth-order valence-corrected chi connectivity index (χ4v) is 3.04. The number of methoxy groups -OCH3 is 1. The molecule has 0 aliphatic rings. The molecule has 0 spiro atoms. The standard InChI is InChI=1S/C23H19BrClNO3/c1-28-22-12-9-19(14-21(22)25)26-23(27)13-6-16-4-10-20(11-5-16)29-15-17-2-7-18(24)8-3-17/h2-14H,15H2,1H3,(H,26,27)/b13-6+. The van der Waals surface area contributed by atoms with Crippen LogP contribution in [0.15, 0.2) is 77.3 Å². The SMILES string of the molecule is COc1ccc(NC(=O)/C=C/c2ccc(OCc3ccc(Br)cc3)cc2)cc1Cl. The molecule has 3 aromatic rings. The summed E-state index contributed by atoms with van der Waals surface area (Å²) in [7, 11) is 1.54. The van der Waals surface area contributed by atoms with Crippen LogP contribution < -0.4 is 14.8 Å². The highest BCUT2D eigenvalue weighted by Gasteiger charge is 2.04. The summed E-state index contributed by atoms with van der Waals surface area (Å²) in [6.07, 6.45) is 3.20. The predicted molar refractivity (Wildman–Crippen MR) is 121 cm³/mol. The van der Waals surface area contributed by atoms with Gasteiger partial charge in [0.05, 0.1) is 12.1 Å². The Bertz CT molecular complexity index is 1000. The van der Waals surface area contributed by atoms with Gasteiger partial charge in [0.2, 0.25) is 5.91 Å². The summed E-state index contributed by atoms with van der Waals surface area (Å²) in [4.78, 5) is 12.1. The summed E-state index contributed by atoms with van der Waals surface area (Å²) in [5.41, 5.74) is 2.58. The molecule has 0 radical (unpaired) electrons. The summed E-state index contributed by atoms with van der Waals surface area (Å²) < 4.78 is 11.9. The van der Waals surface area contributed by atoms with Crippen LogP contribution in [-0.4, -0.2) is 13.0 Å². The fourth-order valence-electron chi connectivity index (χ4n) is 2.52. The van der Waals surface area contributed by atoms with Crippen molar-refractivity contribution in [2.45, 2.75) is 6.61 Å². The molecule has 0 atom stereocenters. The zero-order valence-corrected chi connectivity index (χ0v) is 18.0. The second-order valence-electron chi connectivity index (χ2n) is 6.16. The summed E-state index contributed by atoms with van der Waals surface area (Å²) in [6.45, 7) is 0.495. The summed E-state index contributed by atoms with van der Waals surface area (Å²) in [5.74, 6) is 1.08. The molecule has 0 aromatic heterocycles. The smallest absolute Gasteiger partial charge is 0.248 e. The maximum absolute atomic E-state index is 12.1. The van der Waals surface area contributed by atoms with Crippen molar-refractivity contribution >= 4 is 45.2 Å². The van der Waals surface area contributed by atoms with Gasteiger partial charge in [-0.15, -0.1) is 0 Å².